The average Bonchev–Trinajstić information content (AvgIpc) is 3.28. The Labute approximate surface area is 128 Å². The molecule has 1 saturated heterocycles. The Bertz CT molecular complexity index is 611. The highest BCUT2D eigenvalue weighted by molar-refractivity contribution is 5.88. The van der Waals surface area contributed by atoms with E-state index in [0.29, 0.717) is 11.5 Å². The maximum atomic E-state index is 12.2. The van der Waals surface area contributed by atoms with E-state index in [0.717, 1.165) is 18.4 Å². The van der Waals surface area contributed by atoms with Gasteiger partial charge >= 0.3 is 5.97 Å². The summed E-state index contributed by atoms with van der Waals surface area (Å²) in [6, 6.07) is 5.08. The van der Waals surface area contributed by atoms with Crippen LogP contribution in [0.5, 0.6) is 11.5 Å². The summed E-state index contributed by atoms with van der Waals surface area (Å²) < 4.78 is 10.5. The van der Waals surface area contributed by atoms with Crippen LogP contribution in [0.15, 0.2) is 18.2 Å². The predicted molar refractivity (Wildman–Crippen MR) is 77.9 cm³/mol. The standard InChI is InChI=1S/C16H19NO5/c1-21-12-6-3-9(7-13(12)22-2)15-11(16(19)20)8-14(18)17(15)10-4-5-10/h3,6-7,10-11,15H,4-5,8H2,1-2H3,(H,19,20)/t11-,15+/m1/s1. The fourth-order valence-electron chi connectivity index (χ4n) is 3.19. The van der Waals surface area contributed by atoms with Crippen LogP contribution < -0.4 is 9.47 Å². The van der Waals surface area contributed by atoms with Gasteiger partial charge in [0.25, 0.3) is 0 Å². The number of aliphatic carboxylic acids is 1. The molecule has 6 heteroatoms. The van der Waals surface area contributed by atoms with E-state index in [1.54, 1.807) is 24.1 Å². The topological polar surface area (TPSA) is 76.1 Å². The Balaban J connectivity index is 2.01. The molecule has 1 amide bonds. The van der Waals surface area contributed by atoms with Crippen molar-refractivity contribution in [2.24, 2.45) is 5.92 Å². The first kappa shape index (κ1) is 14.7. The zero-order chi connectivity index (χ0) is 15.9. The molecule has 1 N–H and O–H groups in total. The highest BCUT2D eigenvalue weighted by Gasteiger charge is 2.50. The zero-order valence-corrected chi connectivity index (χ0v) is 12.6. The number of rotatable bonds is 5. The molecule has 1 aliphatic carbocycles. The van der Waals surface area contributed by atoms with Crippen molar-refractivity contribution in [3.05, 3.63) is 23.8 Å². The molecule has 2 fully saturated rings. The van der Waals surface area contributed by atoms with Gasteiger partial charge in [-0.05, 0) is 30.5 Å². The van der Waals surface area contributed by atoms with Gasteiger partial charge in [0.2, 0.25) is 5.91 Å². The van der Waals surface area contributed by atoms with Crippen LogP contribution in [0.1, 0.15) is 30.9 Å². The molecule has 1 aromatic carbocycles. The number of nitrogens with zero attached hydrogens (tertiary/aromatic N) is 1. The van der Waals surface area contributed by atoms with Crippen molar-refractivity contribution in [2.75, 3.05) is 14.2 Å². The fourth-order valence-corrected chi connectivity index (χ4v) is 3.19. The normalized spacial score (nSPS) is 24.5. The molecule has 1 saturated carbocycles. The van der Waals surface area contributed by atoms with Crippen molar-refractivity contribution in [1.29, 1.82) is 0 Å². The number of likely N-dealkylation sites (tertiary alicyclic amines) is 1. The van der Waals surface area contributed by atoms with E-state index in [-0.39, 0.29) is 18.4 Å². The summed E-state index contributed by atoms with van der Waals surface area (Å²) in [5.74, 6) is -0.600. The molecule has 1 aromatic rings. The molecule has 22 heavy (non-hydrogen) atoms. The van der Waals surface area contributed by atoms with Crippen LogP contribution in [0, 0.1) is 5.92 Å². The SMILES string of the molecule is COc1ccc([C@H]2[C@H](C(=O)O)CC(=O)N2C2CC2)cc1OC. The lowest BCUT2D eigenvalue weighted by Gasteiger charge is -2.27. The largest absolute Gasteiger partial charge is 0.493 e. The second kappa shape index (κ2) is 5.51. The van der Waals surface area contributed by atoms with Crippen molar-refractivity contribution in [3.8, 4) is 11.5 Å². The summed E-state index contributed by atoms with van der Waals surface area (Å²) in [6.45, 7) is 0. The van der Waals surface area contributed by atoms with Gasteiger partial charge in [-0.3, -0.25) is 9.59 Å². The molecule has 0 bridgehead atoms. The monoisotopic (exact) mass is 305 g/mol. The quantitative estimate of drug-likeness (QED) is 0.898. The van der Waals surface area contributed by atoms with Crippen molar-refractivity contribution in [3.63, 3.8) is 0 Å². The minimum absolute atomic E-state index is 0.0604. The van der Waals surface area contributed by atoms with Gasteiger partial charge in [-0.1, -0.05) is 6.07 Å². The van der Waals surface area contributed by atoms with E-state index in [1.807, 2.05) is 6.07 Å². The first-order chi connectivity index (χ1) is 10.6. The van der Waals surface area contributed by atoms with Crippen molar-refractivity contribution < 1.29 is 24.2 Å². The molecule has 2 aliphatic rings. The number of carbonyl (C=O) groups is 2. The van der Waals surface area contributed by atoms with Gasteiger partial charge in [0.1, 0.15) is 0 Å². The lowest BCUT2D eigenvalue weighted by Crippen LogP contribution is -2.32. The minimum Gasteiger partial charge on any atom is -0.493 e. The van der Waals surface area contributed by atoms with Crippen LogP contribution >= 0.6 is 0 Å². The molecule has 118 valence electrons. The molecule has 3 rings (SSSR count). The molecule has 2 atom stereocenters. The third-order valence-electron chi connectivity index (χ3n) is 4.37. The Hall–Kier alpha value is -2.24. The second-order valence-electron chi connectivity index (χ2n) is 5.74. The molecule has 1 aliphatic heterocycles. The molecule has 1 heterocycles. The van der Waals surface area contributed by atoms with Gasteiger partial charge in [0, 0.05) is 12.5 Å². The molecule has 0 radical (unpaired) electrons. The van der Waals surface area contributed by atoms with Crippen molar-refractivity contribution in [2.45, 2.75) is 31.3 Å². The molecular weight excluding hydrogens is 286 g/mol. The Morgan fingerprint density at radius 3 is 2.45 bits per heavy atom. The lowest BCUT2D eigenvalue weighted by molar-refractivity contribution is -0.142. The van der Waals surface area contributed by atoms with Crippen molar-refractivity contribution in [1.82, 2.24) is 4.90 Å². The Morgan fingerprint density at radius 1 is 1.23 bits per heavy atom. The summed E-state index contributed by atoms with van der Waals surface area (Å²) in [5.41, 5.74) is 0.780. The number of carboxylic acids is 1. The van der Waals surface area contributed by atoms with Crippen LogP contribution in [0.4, 0.5) is 0 Å². The van der Waals surface area contributed by atoms with Gasteiger partial charge in [-0.25, -0.2) is 0 Å². The van der Waals surface area contributed by atoms with Crippen LogP contribution in [0.25, 0.3) is 0 Å². The van der Waals surface area contributed by atoms with Gasteiger partial charge in [0.05, 0.1) is 26.2 Å². The molecule has 0 spiro atoms. The smallest absolute Gasteiger partial charge is 0.309 e. The van der Waals surface area contributed by atoms with Gasteiger partial charge in [-0.2, -0.15) is 0 Å². The highest BCUT2D eigenvalue weighted by Crippen LogP contribution is 2.46. The van der Waals surface area contributed by atoms with E-state index in [9.17, 15) is 14.7 Å². The van der Waals surface area contributed by atoms with Gasteiger partial charge < -0.3 is 19.5 Å². The van der Waals surface area contributed by atoms with E-state index < -0.39 is 17.9 Å². The summed E-state index contributed by atoms with van der Waals surface area (Å²) in [5, 5.41) is 9.48. The van der Waals surface area contributed by atoms with E-state index >= 15 is 0 Å². The summed E-state index contributed by atoms with van der Waals surface area (Å²) >= 11 is 0. The van der Waals surface area contributed by atoms with E-state index in [2.05, 4.69) is 0 Å². The summed E-state index contributed by atoms with van der Waals surface area (Å²) in [6.07, 6.45) is 1.95. The first-order valence-corrected chi connectivity index (χ1v) is 7.32. The maximum Gasteiger partial charge on any atom is 0.309 e. The van der Waals surface area contributed by atoms with Crippen LogP contribution in [0.2, 0.25) is 0 Å². The zero-order valence-electron chi connectivity index (χ0n) is 12.6. The number of ether oxygens (including phenoxy) is 2. The number of benzene rings is 1. The van der Waals surface area contributed by atoms with E-state index in [4.69, 9.17) is 9.47 Å². The van der Waals surface area contributed by atoms with Crippen LogP contribution in [-0.4, -0.2) is 42.1 Å². The predicted octanol–water partition coefficient (Wildman–Crippen LogP) is 1.84. The highest BCUT2D eigenvalue weighted by atomic mass is 16.5. The van der Waals surface area contributed by atoms with Crippen molar-refractivity contribution >= 4 is 11.9 Å². The average molecular weight is 305 g/mol. The first-order valence-electron chi connectivity index (χ1n) is 7.32. The number of hydrogen-bond acceptors (Lipinski definition) is 4. The third kappa shape index (κ3) is 2.38. The van der Waals surface area contributed by atoms with E-state index in [1.165, 1.54) is 7.11 Å². The number of amides is 1. The van der Waals surface area contributed by atoms with Gasteiger partial charge in [0.15, 0.2) is 11.5 Å². The molecule has 6 nitrogen and oxygen atoms in total. The molecule has 0 aromatic heterocycles. The maximum absolute atomic E-state index is 12.2. The minimum atomic E-state index is -0.934. The number of carbonyl (C=O) groups excluding carboxylic acids is 1. The summed E-state index contributed by atoms with van der Waals surface area (Å²) in [7, 11) is 3.09. The fraction of sp³-hybridized carbons (Fsp3) is 0.500. The molecular formula is C16H19NO5. The van der Waals surface area contributed by atoms with Gasteiger partial charge in [-0.15, -0.1) is 0 Å². The Kier molecular flexibility index (Phi) is 3.68. The summed E-state index contributed by atoms with van der Waals surface area (Å²) in [4.78, 5) is 25.6. The van der Waals surface area contributed by atoms with Crippen LogP contribution in [-0.2, 0) is 9.59 Å². The lowest BCUT2D eigenvalue weighted by atomic mass is 9.93. The third-order valence-corrected chi connectivity index (χ3v) is 4.37. The molecule has 0 unspecified atom stereocenters. The number of carboxylic acid groups (broad SMARTS) is 1. The Morgan fingerprint density at radius 2 is 1.91 bits per heavy atom. The number of methoxy groups -OCH3 is 2. The second-order valence-corrected chi connectivity index (χ2v) is 5.74. The number of hydrogen-bond donors (Lipinski definition) is 1. The van der Waals surface area contributed by atoms with Crippen LogP contribution in [0.3, 0.4) is 0 Å².